The molecule has 0 aliphatic carbocycles. The second-order valence-electron chi connectivity index (χ2n) is 3.93. The number of terminal acetylenes is 1. The Kier molecular flexibility index (Phi) is 5.59. The van der Waals surface area contributed by atoms with Crippen molar-refractivity contribution in [3.05, 3.63) is 34.3 Å². The summed E-state index contributed by atoms with van der Waals surface area (Å²) in [6.45, 7) is 2.56. The maximum atomic E-state index is 11.8. The third-order valence-electron chi connectivity index (χ3n) is 2.34. The first-order chi connectivity index (χ1) is 8.13. The maximum absolute atomic E-state index is 11.8. The Morgan fingerprint density at radius 1 is 1.41 bits per heavy atom. The highest BCUT2D eigenvalue weighted by atomic mass is 35.5. The molecule has 0 aliphatic heterocycles. The van der Waals surface area contributed by atoms with Gasteiger partial charge in [0, 0.05) is 23.6 Å². The average molecular weight is 250 g/mol. The van der Waals surface area contributed by atoms with Gasteiger partial charge in [0.1, 0.15) is 0 Å². The highest BCUT2D eigenvalue weighted by Crippen LogP contribution is 2.14. The van der Waals surface area contributed by atoms with E-state index in [9.17, 15) is 4.79 Å². The van der Waals surface area contributed by atoms with Gasteiger partial charge in [-0.05, 0) is 43.5 Å². The van der Waals surface area contributed by atoms with Crippen molar-refractivity contribution in [2.75, 3.05) is 6.54 Å². The lowest BCUT2D eigenvalue weighted by Crippen LogP contribution is -2.24. The lowest BCUT2D eigenvalue weighted by Gasteiger charge is -2.06. The summed E-state index contributed by atoms with van der Waals surface area (Å²) in [4.78, 5) is 11.8. The lowest BCUT2D eigenvalue weighted by molar-refractivity contribution is 0.0953. The van der Waals surface area contributed by atoms with E-state index < -0.39 is 0 Å². The van der Waals surface area contributed by atoms with E-state index in [0.29, 0.717) is 17.1 Å². The molecular weight excluding hydrogens is 234 g/mol. The minimum absolute atomic E-state index is 0.0868. The molecule has 17 heavy (non-hydrogen) atoms. The van der Waals surface area contributed by atoms with Gasteiger partial charge in [-0.15, -0.1) is 12.3 Å². The summed E-state index contributed by atoms with van der Waals surface area (Å²) < 4.78 is 0. The number of rotatable bonds is 5. The molecule has 0 bridgehead atoms. The Labute approximate surface area is 107 Å². The van der Waals surface area contributed by atoms with Crippen LogP contribution in [-0.4, -0.2) is 12.5 Å². The molecule has 0 unspecified atom stereocenters. The monoisotopic (exact) mass is 249 g/mol. The van der Waals surface area contributed by atoms with Gasteiger partial charge in [-0.1, -0.05) is 11.6 Å². The van der Waals surface area contributed by atoms with Gasteiger partial charge in [0.05, 0.1) is 0 Å². The smallest absolute Gasteiger partial charge is 0.251 e. The minimum atomic E-state index is -0.0868. The molecule has 0 aromatic heterocycles. The van der Waals surface area contributed by atoms with E-state index >= 15 is 0 Å². The quantitative estimate of drug-likeness (QED) is 0.630. The largest absolute Gasteiger partial charge is 0.352 e. The third kappa shape index (κ3) is 4.93. The number of carbonyl (C=O) groups excluding carboxylic acids is 1. The summed E-state index contributed by atoms with van der Waals surface area (Å²) in [6, 6.07) is 5.32. The maximum Gasteiger partial charge on any atom is 0.251 e. The summed E-state index contributed by atoms with van der Waals surface area (Å²) in [6.07, 6.45) is 7.73. The third-order valence-corrected chi connectivity index (χ3v) is 2.56. The van der Waals surface area contributed by atoms with Crippen LogP contribution in [0.3, 0.4) is 0 Å². The lowest BCUT2D eigenvalue weighted by atomic mass is 10.1. The molecule has 1 amide bonds. The first-order valence-electron chi connectivity index (χ1n) is 5.62. The molecule has 1 rings (SSSR count). The van der Waals surface area contributed by atoms with Crippen LogP contribution < -0.4 is 5.32 Å². The number of unbranched alkanes of at least 4 members (excludes halogenated alkanes) is 2. The number of halogens is 1. The van der Waals surface area contributed by atoms with Crippen molar-refractivity contribution in [1.82, 2.24) is 5.32 Å². The number of amides is 1. The predicted octanol–water partition coefficient (Wildman–Crippen LogP) is 3.18. The summed E-state index contributed by atoms with van der Waals surface area (Å²) in [5.41, 5.74) is 1.59. The van der Waals surface area contributed by atoms with Crippen LogP contribution in [0, 0.1) is 19.3 Å². The Morgan fingerprint density at radius 3 is 2.82 bits per heavy atom. The standard InChI is InChI=1S/C14H16ClNO/c1-3-4-5-6-7-16-14(17)12-8-11(2)9-13(15)10-12/h1,8-10H,4-7H2,2H3,(H,16,17). The SMILES string of the molecule is C#CCCCCNC(=O)c1cc(C)cc(Cl)c1. The number of benzene rings is 1. The average Bonchev–Trinajstić information content (AvgIpc) is 2.27. The van der Waals surface area contributed by atoms with Crippen molar-refractivity contribution < 1.29 is 4.79 Å². The number of nitrogens with one attached hydrogen (secondary N) is 1. The van der Waals surface area contributed by atoms with Gasteiger partial charge in [-0.25, -0.2) is 0 Å². The van der Waals surface area contributed by atoms with Crippen molar-refractivity contribution in [3.63, 3.8) is 0 Å². The predicted molar refractivity (Wildman–Crippen MR) is 71.2 cm³/mol. The van der Waals surface area contributed by atoms with E-state index in [0.717, 1.165) is 24.8 Å². The van der Waals surface area contributed by atoms with Gasteiger partial charge in [0.25, 0.3) is 5.91 Å². The molecule has 90 valence electrons. The second-order valence-corrected chi connectivity index (χ2v) is 4.37. The molecule has 1 aromatic rings. The van der Waals surface area contributed by atoms with E-state index in [1.54, 1.807) is 6.07 Å². The van der Waals surface area contributed by atoms with E-state index in [4.69, 9.17) is 18.0 Å². The molecule has 2 nitrogen and oxygen atoms in total. The van der Waals surface area contributed by atoms with E-state index in [1.165, 1.54) is 0 Å². The molecule has 0 saturated carbocycles. The van der Waals surface area contributed by atoms with Crippen LogP contribution in [0.25, 0.3) is 0 Å². The van der Waals surface area contributed by atoms with Crippen LogP contribution in [0.4, 0.5) is 0 Å². The highest BCUT2D eigenvalue weighted by Gasteiger charge is 2.06. The molecule has 1 N–H and O–H groups in total. The Balaban J connectivity index is 2.44. The van der Waals surface area contributed by atoms with Crippen molar-refractivity contribution in [1.29, 1.82) is 0 Å². The molecule has 0 radical (unpaired) electrons. The summed E-state index contributed by atoms with van der Waals surface area (Å²) in [5.74, 6) is 2.49. The molecule has 0 saturated heterocycles. The molecule has 0 atom stereocenters. The second kappa shape index (κ2) is 6.98. The van der Waals surface area contributed by atoms with Crippen molar-refractivity contribution >= 4 is 17.5 Å². The molecule has 1 aromatic carbocycles. The fourth-order valence-corrected chi connectivity index (χ4v) is 1.81. The minimum Gasteiger partial charge on any atom is -0.352 e. The van der Waals surface area contributed by atoms with Crippen LogP contribution in [0.15, 0.2) is 18.2 Å². The fraction of sp³-hybridized carbons (Fsp3) is 0.357. The first kappa shape index (κ1) is 13.6. The van der Waals surface area contributed by atoms with Crippen LogP contribution in [0.5, 0.6) is 0 Å². The van der Waals surface area contributed by atoms with Crippen LogP contribution in [0.2, 0.25) is 5.02 Å². The number of hydrogen-bond acceptors (Lipinski definition) is 1. The number of carbonyl (C=O) groups is 1. The molecule has 0 heterocycles. The van der Waals surface area contributed by atoms with Gasteiger partial charge < -0.3 is 5.32 Å². The Hall–Kier alpha value is -1.46. The summed E-state index contributed by atoms with van der Waals surface area (Å²) in [7, 11) is 0. The molecule has 3 heteroatoms. The fourth-order valence-electron chi connectivity index (χ4n) is 1.52. The van der Waals surface area contributed by atoms with E-state index in [2.05, 4.69) is 11.2 Å². The van der Waals surface area contributed by atoms with Gasteiger partial charge in [0.15, 0.2) is 0 Å². The molecule has 0 spiro atoms. The van der Waals surface area contributed by atoms with Gasteiger partial charge in [-0.2, -0.15) is 0 Å². The number of aryl methyl sites for hydroxylation is 1. The van der Waals surface area contributed by atoms with Crippen molar-refractivity contribution in [2.24, 2.45) is 0 Å². The molecular formula is C14H16ClNO. The highest BCUT2D eigenvalue weighted by molar-refractivity contribution is 6.31. The molecule has 0 aliphatic rings. The zero-order valence-electron chi connectivity index (χ0n) is 9.92. The van der Waals surface area contributed by atoms with Crippen molar-refractivity contribution in [2.45, 2.75) is 26.2 Å². The van der Waals surface area contributed by atoms with Gasteiger partial charge in [-0.3, -0.25) is 4.79 Å². The summed E-state index contributed by atoms with van der Waals surface area (Å²) in [5, 5.41) is 3.43. The zero-order valence-corrected chi connectivity index (χ0v) is 10.7. The first-order valence-corrected chi connectivity index (χ1v) is 6.00. The normalized spacial score (nSPS) is 9.71. The van der Waals surface area contributed by atoms with Crippen LogP contribution in [0.1, 0.15) is 35.2 Å². The number of hydrogen-bond donors (Lipinski definition) is 1. The van der Waals surface area contributed by atoms with Gasteiger partial charge >= 0.3 is 0 Å². The Bertz CT molecular complexity index is 414. The molecule has 0 fully saturated rings. The van der Waals surface area contributed by atoms with Gasteiger partial charge in [0.2, 0.25) is 0 Å². The van der Waals surface area contributed by atoms with E-state index in [1.807, 2.05) is 19.1 Å². The van der Waals surface area contributed by atoms with E-state index in [-0.39, 0.29) is 5.91 Å². The Morgan fingerprint density at radius 2 is 2.18 bits per heavy atom. The summed E-state index contributed by atoms with van der Waals surface area (Å²) >= 11 is 5.89. The van der Waals surface area contributed by atoms with Crippen LogP contribution >= 0.6 is 11.6 Å². The zero-order chi connectivity index (χ0) is 12.7. The van der Waals surface area contributed by atoms with Crippen molar-refractivity contribution in [3.8, 4) is 12.3 Å². The topological polar surface area (TPSA) is 29.1 Å². The van der Waals surface area contributed by atoms with Crippen LogP contribution in [-0.2, 0) is 0 Å².